The summed E-state index contributed by atoms with van der Waals surface area (Å²) in [6.07, 6.45) is -3.06. The van der Waals surface area contributed by atoms with E-state index in [-0.39, 0.29) is 29.2 Å². The van der Waals surface area contributed by atoms with E-state index in [0.29, 0.717) is 22.4 Å². The normalized spacial score (nSPS) is 11.5. The number of aryl methyl sites for hydroxylation is 1. The lowest BCUT2D eigenvalue weighted by Gasteiger charge is -2.14. The number of rotatable bonds is 7. The highest BCUT2D eigenvalue weighted by molar-refractivity contribution is 7.99. The predicted octanol–water partition coefficient (Wildman–Crippen LogP) is 4.97. The number of nitrogens with one attached hydrogen (secondary N) is 1. The van der Waals surface area contributed by atoms with Crippen LogP contribution in [0.5, 0.6) is 0 Å². The van der Waals surface area contributed by atoms with E-state index in [1.807, 2.05) is 0 Å². The number of alkyl halides is 3. The van der Waals surface area contributed by atoms with E-state index in [4.69, 9.17) is 0 Å². The molecule has 0 radical (unpaired) electrons. The molecule has 0 unspecified atom stereocenters. The molecule has 0 aliphatic rings. The predicted molar refractivity (Wildman–Crippen MR) is 107 cm³/mol. The summed E-state index contributed by atoms with van der Waals surface area (Å²) in [5, 5.41) is 2.74. The fourth-order valence-corrected chi connectivity index (χ4v) is 3.58. The van der Waals surface area contributed by atoms with Crippen LogP contribution in [0.3, 0.4) is 0 Å². The molecule has 0 atom stereocenters. The van der Waals surface area contributed by atoms with Crippen LogP contribution in [0.2, 0.25) is 0 Å². The van der Waals surface area contributed by atoms with Crippen LogP contribution in [0.4, 0.5) is 17.6 Å². The van der Waals surface area contributed by atoms with Crippen molar-refractivity contribution in [2.24, 2.45) is 0 Å². The zero-order chi connectivity index (χ0) is 21.7. The number of halogens is 4. The number of hydrogen-bond donors (Lipinski definition) is 1. The maximum atomic E-state index is 13.6. The fourth-order valence-electron chi connectivity index (χ4n) is 2.77. The minimum atomic E-state index is -4.43. The number of carbonyl (C=O) groups is 1. The molecule has 3 aromatic rings. The monoisotopic (exact) mass is 437 g/mol. The third-order valence-electron chi connectivity index (χ3n) is 4.28. The van der Waals surface area contributed by atoms with Gasteiger partial charge in [-0.05, 0) is 29.7 Å². The summed E-state index contributed by atoms with van der Waals surface area (Å²) < 4.78 is 53.9. The minimum absolute atomic E-state index is 0.0997. The van der Waals surface area contributed by atoms with Crippen molar-refractivity contribution >= 4 is 17.7 Å². The van der Waals surface area contributed by atoms with Crippen molar-refractivity contribution in [2.45, 2.75) is 31.3 Å². The maximum Gasteiger partial charge on any atom is 0.406 e. The number of hydrogen-bond acceptors (Lipinski definition) is 3. The summed E-state index contributed by atoms with van der Waals surface area (Å²) in [5.41, 5.74) is 2.03. The summed E-state index contributed by atoms with van der Waals surface area (Å²) in [7, 11) is 0. The van der Waals surface area contributed by atoms with Crippen molar-refractivity contribution in [3.05, 3.63) is 71.7 Å². The summed E-state index contributed by atoms with van der Waals surface area (Å²) in [6, 6.07) is 13.3. The van der Waals surface area contributed by atoms with Gasteiger partial charge in [-0.1, -0.05) is 54.2 Å². The van der Waals surface area contributed by atoms with E-state index in [1.54, 1.807) is 49.4 Å². The Hall–Kier alpha value is -2.81. The lowest BCUT2D eigenvalue weighted by molar-refractivity contribution is -0.141. The second-order valence-corrected chi connectivity index (χ2v) is 7.58. The molecule has 9 heteroatoms. The molecule has 0 aliphatic carbocycles. The molecular formula is C21H19F4N3OS. The van der Waals surface area contributed by atoms with Gasteiger partial charge in [-0.2, -0.15) is 13.2 Å². The van der Waals surface area contributed by atoms with Crippen LogP contribution >= 0.6 is 11.8 Å². The Morgan fingerprint density at radius 1 is 1.17 bits per heavy atom. The van der Waals surface area contributed by atoms with Crippen LogP contribution in [-0.2, 0) is 17.9 Å². The van der Waals surface area contributed by atoms with Gasteiger partial charge in [0.2, 0.25) is 5.91 Å². The molecule has 0 aliphatic heterocycles. The van der Waals surface area contributed by atoms with Crippen LogP contribution in [0.25, 0.3) is 11.3 Å². The second kappa shape index (κ2) is 9.34. The van der Waals surface area contributed by atoms with Crippen molar-refractivity contribution in [2.75, 3.05) is 5.75 Å². The standard InChI is InChI=1S/C21H19F4N3OS/c1-14-7-8-15(9-17(14)22)10-26-19(29)12-30-20-27-11-18(16-5-3-2-4-6-16)28(20)13-21(23,24)25/h2-9,11H,10,12-13H2,1H3,(H,26,29). The Bertz CT molecular complexity index is 1020. The molecule has 1 amide bonds. The molecule has 0 bridgehead atoms. The van der Waals surface area contributed by atoms with Gasteiger partial charge in [0.1, 0.15) is 12.4 Å². The van der Waals surface area contributed by atoms with Crippen LogP contribution in [0.1, 0.15) is 11.1 Å². The van der Waals surface area contributed by atoms with Crippen LogP contribution in [0.15, 0.2) is 59.9 Å². The van der Waals surface area contributed by atoms with Crippen molar-refractivity contribution in [1.82, 2.24) is 14.9 Å². The first-order valence-corrected chi connectivity index (χ1v) is 10.0. The van der Waals surface area contributed by atoms with Crippen LogP contribution in [0, 0.1) is 12.7 Å². The molecule has 0 saturated carbocycles. The quantitative estimate of drug-likeness (QED) is 0.420. The zero-order valence-electron chi connectivity index (χ0n) is 16.0. The van der Waals surface area contributed by atoms with E-state index >= 15 is 0 Å². The summed E-state index contributed by atoms with van der Waals surface area (Å²) in [6.45, 7) is 0.563. The third-order valence-corrected chi connectivity index (χ3v) is 5.27. The topological polar surface area (TPSA) is 46.9 Å². The highest BCUT2D eigenvalue weighted by atomic mass is 32.2. The van der Waals surface area contributed by atoms with Crippen molar-refractivity contribution in [3.63, 3.8) is 0 Å². The maximum absolute atomic E-state index is 13.6. The minimum Gasteiger partial charge on any atom is -0.351 e. The van der Waals surface area contributed by atoms with Gasteiger partial charge in [0.15, 0.2) is 5.16 Å². The van der Waals surface area contributed by atoms with E-state index in [1.165, 1.54) is 12.3 Å². The second-order valence-electron chi connectivity index (χ2n) is 6.64. The van der Waals surface area contributed by atoms with Crippen molar-refractivity contribution in [3.8, 4) is 11.3 Å². The summed E-state index contributed by atoms with van der Waals surface area (Å²) in [4.78, 5) is 16.2. The van der Waals surface area contributed by atoms with Gasteiger partial charge in [0, 0.05) is 6.54 Å². The van der Waals surface area contributed by atoms with Crippen LogP contribution < -0.4 is 5.32 Å². The lowest BCUT2D eigenvalue weighted by Crippen LogP contribution is -2.25. The molecule has 158 valence electrons. The molecular weight excluding hydrogens is 418 g/mol. The molecule has 0 fully saturated rings. The Morgan fingerprint density at radius 3 is 2.57 bits per heavy atom. The Labute approximate surface area is 175 Å². The van der Waals surface area contributed by atoms with Gasteiger partial charge in [-0.3, -0.25) is 4.79 Å². The van der Waals surface area contributed by atoms with E-state index in [0.717, 1.165) is 16.3 Å². The molecule has 0 spiro atoms. The Morgan fingerprint density at radius 2 is 1.90 bits per heavy atom. The smallest absolute Gasteiger partial charge is 0.351 e. The van der Waals surface area contributed by atoms with Crippen LogP contribution in [-0.4, -0.2) is 27.4 Å². The van der Waals surface area contributed by atoms with Gasteiger partial charge < -0.3 is 9.88 Å². The average molecular weight is 437 g/mol. The first-order valence-electron chi connectivity index (χ1n) is 9.05. The number of nitrogens with zero attached hydrogens (tertiary/aromatic N) is 2. The third kappa shape index (κ3) is 5.85. The first kappa shape index (κ1) is 21.9. The Balaban J connectivity index is 1.67. The molecule has 4 nitrogen and oxygen atoms in total. The number of aromatic nitrogens is 2. The number of amides is 1. The Kier molecular flexibility index (Phi) is 6.81. The largest absolute Gasteiger partial charge is 0.406 e. The molecule has 30 heavy (non-hydrogen) atoms. The number of thioether (sulfide) groups is 1. The molecule has 1 aromatic heterocycles. The van der Waals surface area contributed by atoms with E-state index in [2.05, 4.69) is 10.3 Å². The molecule has 0 saturated heterocycles. The average Bonchev–Trinajstić information content (AvgIpc) is 3.08. The van der Waals surface area contributed by atoms with Gasteiger partial charge in [-0.25, -0.2) is 9.37 Å². The molecule has 3 rings (SSSR count). The van der Waals surface area contributed by atoms with Gasteiger partial charge in [-0.15, -0.1) is 0 Å². The highest BCUT2D eigenvalue weighted by Crippen LogP contribution is 2.29. The first-order chi connectivity index (χ1) is 14.2. The molecule has 1 N–H and O–H groups in total. The fraction of sp³-hybridized carbons (Fsp3) is 0.238. The van der Waals surface area contributed by atoms with Gasteiger partial charge in [0.25, 0.3) is 0 Å². The van der Waals surface area contributed by atoms with Crippen molar-refractivity contribution < 1.29 is 22.4 Å². The van der Waals surface area contributed by atoms with E-state index < -0.39 is 12.7 Å². The van der Waals surface area contributed by atoms with Gasteiger partial charge in [0.05, 0.1) is 17.6 Å². The van der Waals surface area contributed by atoms with Gasteiger partial charge >= 0.3 is 6.18 Å². The highest BCUT2D eigenvalue weighted by Gasteiger charge is 2.31. The number of imidazole rings is 1. The summed E-state index contributed by atoms with van der Waals surface area (Å²) >= 11 is 0.918. The zero-order valence-corrected chi connectivity index (χ0v) is 16.9. The molecule has 1 heterocycles. The van der Waals surface area contributed by atoms with Crippen molar-refractivity contribution in [1.29, 1.82) is 0 Å². The molecule has 2 aromatic carbocycles. The number of carbonyl (C=O) groups excluding carboxylic acids is 1. The van der Waals surface area contributed by atoms with E-state index in [9.17, 15) is 22.4 Å². The lowest BCUT2D eigenvalue weighted by atomic mass is 10.1. The summed E-state index contributed by atoms with van der Waals surface area (Å²) in [5.74, 6) is -0.861. The number of benzene rings is 2. The SMILES string of the molecule is Cc1ccc(CNC(=O)CSc2ncc(-c3ccccc3)n2CC(F)(F)F)cc1F.